The minimum atomic E-state index is -0.869. The molecule has 1 aromatic carbocycles. The smallest absolute Gasteiger partial charge is 0.192 e. The van der Waals surface area contributed by atoms with E-state index in [1.54, 1.807) is 39.0 Å². The molecule has 4 heteroatoms. The fraction of sp³-hybridized carbons (Fsp3) is 0.333. The highest BCUT2D eigenvalue weighted by atomic mass is 16.3. The number of nitrogens with zero attached hydrogens (tertiary/aromatic N) is 1. The third-order valence-electron chi connectivity index (χ3n) is 2.34. The molecule has 0 saturated heterocycles. The van der Waals surface area contributed by atoms with Gasteiger partial charge in [0, 0.05) is 12.5 Å². The minimum Gasteiger partial charge on any atom is -0.441 e. The van der Waals surface area contributed by atoms with Crippen LogP contribution >= 0.6 is 0 Å². The fourth-order valence-electron chi connectivity index (χ4n) is 1.56. The van der Waals surface area contributed by atoms with E-state index in [4.69, 9.17) is 10.2 Å². The van der Waals surface area contributed by atoms with Crippen molar-refractivity contribution in [3.63, 3.8) is 0 Å². The number of ketones is 1. The number of hydrogen-bond acceptors (Lipinski definition) is 4. The summed E-state index contributed by atoms with van der Waals surface area (Å²) in [6.07, 6.45) is 0. The van der Waals surface area contributed by atoms with Crippen molar-refractivity contribution < 1.29 is 9.21 Å². The number of rotatable bonds is 2. The van der Waals surface area contributed by atoms with Crippen molar-refractivity contribution in [3.8, 4) is 0 Å². The highest BCUT2D eigenvalue weighted by molar-refractivity contribution is 6.04. The summed E-state index contributed by atoms with van der Waals surface area (Å²) in [5.41, 5.74) is 6.83. The molecule has 1 heterocycles. The molecule has 1 aromatic heterocycles. The highest BCUT2D eigenvalue weighted by Gasteiger charge is 2.23. The first-order valence-electron chi connectivity index (χ1n) is 5.09. The van der Waals surface area contributed by atoms with Gasteiger partial charge in [0.2, 0.25) is 0 Å². The molecule has 0 unspecified atom stereocenters. The fourth-order valence-corrected chi connectivity index (χ4v) is 1.56. The van der Waals surface area contributed by atoms with Gasteiger partial charge in [0.15, 0.2) is 17.3 Å². The van der Waals surface area contributed by atoms with Crippen LogP contribution in [0.5, 0.6) is 0 Å². The van der Waals surface area contributed by atoms with Crippen LogP contribution < -0.4 is 5.73 Å². The molecule has 2 N–H and O–H groups in total. The van der Waals surface area contributed by atoms with Crippen molar-refractivity contribution in [2.24, 2.45) is 5.73 Å². The molecule has 4 nitrogen and oxygen atoms in total. The number of oxazole rings is 1. The predicted molar refractivity (Wildman–Crippen MR) is 61.3 cm³/mol. The van der Waals surface area contributed by atoms with Gasteiger partial charge in [0.25, 0.3) is 0 Å². The van der Waals surface area contributed by atoms with Gasteiger partial charge in [-0.3, -0.25) is 4.79 Å². The second-order valence-corrected chi connectivity index (χ2v) is 4.47. The average molecular weight is 218 g/mol. The zero-order chi connectivity index (χ0) is 11.9. The molecule has 0 radical (unpaired) electrons. The van der Waals surface area contributed by atoms with Gasteiger partial charge in [-0.05, 0) is 32.0 Å². The number of carbonyl (C=O) groups excluding carboxylic acids is 1. The van der Waals surface area contributed by atoms with Crippen LogP contribution in [-0.2, 0) is 0 Å². The Hall–Kier alpha value is -1.68. The van der Waals surface area contributed by atoms with Crippen molar-refractivity contribution in [3.05, 3.63) is 29.7 Å². The summed E-state index contributed by atoms with van der Waals surface area (Å²) in [5, 5.41) is 0. The van der Waals surface area contributed by atoms with E-state index in [-0.39, 0.29) is 5.78 Å². The largest absolute Gasteiger partial charge is 0.441 e. The van der Waals surface area contributed by atoms with E-state index >= 15 is 0 Å². The summed E-state index contributed by atoms with van der Waals surface area (Å²) in [6, 6.07) is 5.17. The van der Waals surface area contributed by atoms with Crippen LogP contribution in [0.3, 0.4) is 0 Å². The van der Waals surface area contributed by atoms with Crippen LogP contribution in [0.25, 0.3) is 11.1 Å². The van der Waals surface area contributed by atoms with Gasteiger partial charge >= 0.3 is 0 Å². The predicted octanol–water partition coefficient (Wildman–Crippen LogP) is 2.06. The Morgan fingerprint density at radius 1 is 1.44 bits per heavy atom. The standard InChI is InChI=1S/C12H14N2O2/c1-7-14-9-6-8(4-5-10(9)16-7)11(15)12(2,3)13/h4-6H,13H2,1-3H3. The number of carbonyl (C=O) groups is 1. The number of hydrogen-bond donors (Lipinski definition) is 1. The Labute approximate surface area is 93.5 Å². The number of benzene rings is 1. The average Bonchev–Trinajstić information content (AvgIpc) is 2.54. The normalized spacial score (nSPS) is 12.0. The molecular weight excluding hydrogens is 204 g/mol. The monoisotopic (exact) mass is 218 g/mol. The molecule has 0 saturated carbocycles. The molecule has 0 amide bonds. The zero-order valence-electron chi connectivity index (χ0n) is 9.57. The lowest BCUT2D eigenvalue weighted by Crippen LogP contribution is -2.41. The Kier molecular flexibility index (Phi) is 2.31. The topological polar surface area (TPSA) is 69.1 Å². The van der Waals surface area contributed by atoms with Crippen LogP contribution in [0.4, 0.5) is 0 Å². The maximum atomic E-state index is 11.9. The van der Waals surface area contributed by atoms with Gasteiger partial charge in [-0.1, -0.05) is 0 Å². The van der Waals surface area contributed by atoms with Gasteiger partial charge in [0.1, 0.15) is 5.52 Å². The molecule has 0 atom stereocenters. The highest BCUT2D eigenvalue weighted by Crippen LogP contribution is 2.19. The molecule has 0 fully saturated rings. The van der Waals surface area contributed by atoms with E-state index in [0.717, 1.165) is 0 Å². The number of aromatic nitrogens is 1. The first-order chi connectivity index (χ1) is 7.38. The van der Waals surface area contributed by atoms with Crippen molar-refractivity contribution in [2.45, 2.75) is 26.3 Å². The summed E-state index contributed by atoms with van der Waals surface area (Å²) < 4.78 is 5.33. The summed E-state index contributed by atoms with van der Waals surface area (Å²) in [5.74, 6) is 0.488. The molecular formula is C12H14N2O2. The lowest BCUT2D eigenvalue weighted by atomic mass is 9.94. The van der Waals surface area contributed by atoms with E-state index in [0.29, 0.717) is 22.6 Å². The van der Waals surface area contributed by atoms with E-state index in [1.807, 2.05) is 0 Å². The van der Waals surface area contributed by atoms with Crippen LogP contribution in [0.15, 0.2) is 22.6 Å². The first-order valence-corrected chi connectivity index (χ1v) is 5.09. The third kappa shape index (κ3) is 1.84. The van der Waals surface area contributed by atoms with E-state index in [9.17, 15) is 4.79 Å². The Bertz CT molecular complexity index is 550. The number of aryl methyl sites for hydroxylation is 1. The van der Waals surface area contributed by atoms with Crippen LogP contribution in [0, 0.1) is 6.92 Å². The summed E-state index contributed by atoms with van der Waals surface area (Å²) >= 11 is 0. The Morgan fingerprint density at radius 2 is 2.12 bits per heavy atom. The quantitative estimate of drug-likeness (QED) is 0.783. The SMILES string of the molecule is Cc1nc2cc(C(=O)C(C)(C)N)ccc2o1. The summed E-state index contributed by atoms with van der Waals surface area (Å²) in [4.78, 5) is 16.1. The van der Waals surface area contributed by atoms with Crippen LogP contribution in [-0.4, -0.2) is 16.3 Å². The van der Waals surface area contributed by atoms with Gasteiger partial charge in [-0.15, -0.1) is 0 Å². The molecule has 0 aliphatic carbocycles. The molecule has 0 bridgehead atoms. The van der Waals surface area contributed by atoms with Crippen LogP contribution in [0.2, 0.25) is 0 Å². The van der Waals surface area contributed by atoms with Crippen molar-refractivity contribution in [2.75, 3.05) is 0 Å². The van der Waals surface area contributed by atoms with Crippen molar-refractivity contribution in [1.29, 1.82) is 0 Å². The Morgan fingerprint density at radius 3 is 2.75 bits per heavy atom. The third-order valence-corrected chi connectivity index (χ3v) is 2.34. The summed E-state index contributed by atoms with van der Waals surface area (Å²) in [6.45, 7) is 5.15. The van der Waals surface area contributed by atoms with Gasteiger partial charge in [-0.2, -0.15) is 0 Å². The second-order valence-electron chi connectivity index (χ2n) is 4.47. The molecule has 0 spiro atoms. The number of nitrogens with two attached hydrogens (primary N) is 1. The van der Waals surface area contributed by atoms with E-state index < -0.39 is 5.54 Å². The molecule has 0 aliphatic rings. The maximum Gasteiger partial charge on any atom is 0.192 e. The Balaban J connectivity index is 2.51. The van der Waals surface area contributed by atoms with Crippen molar-refractivity contribution >= 4 is 16.9 Å². The van der Waals surface area contributed by atoms with Gasteiger partial charge < -0.3 is 10.2 Å². The van der Waals surface area contributed by atoms with E-state index in [2.05, 4.69) is 4.98 Å². The van der Waals surface area contributed by atoms with E-state index in [1.165, 1.54) is 0 Å². The number of fused-ring (bicyclic) bond motifs is 1. The molecule has 16 heavy (non-hydrogen) atoms. The number of Topliss-reactive ketones (excluding diaryl/α,β-unsaturated/α-hetero) is 1. The minimum absolute atomic E-state index is 0.102. The second kappa shape index (κ2) is 3.42. The molecule has 2 aromatic rings. The molecule has 2 rings (SSSR count). The lowest BCUT2D eigenvalue weighted by Gasteiger charge is -2.16. The van der Waals surface area contributed by atoms with Gasteiger partial charge in [-0.25, -0.2) is 4.98 Å². The molecule has 84 valence electrons. The zero-order valence-corrected chi connectivity index (χ0v) is 9.57. The molecule has 0 aliphatic heterocycles. The van der Waals surface area contributed by atoms with Crippen molar-refractivity contribution in [1.82, 2.24) is 4.98 Å². The van der Waals surface area contributed by atoms with Gasteiger partial charge in [0.05, 0.1) is 5.54 Å². The maximum absolute atomic E-state index is 11.9. The lowest BCUT2D eigenvalue weighted by molar-refractivity contribution is 0.0913. The van der Waals surface area contributed by atoms with Crippen LogP contribution in [0.1, 0.15) is 30.1 Å². The first kappa shape index (κ1) is 10.8. The summed E-state index contributed by atoms with van der Waals surface area (Å²) in [7, 11) is 0.